The lowest BCUT2D eigenvalue weighted by molar-refractivity contribution is -0.372. The van der Waals surface area contributed by atoms with Crippen molar-refractivity contribution in [2.75, 3.05) is 6.61 Å². The number of fused-ring (bicyclic) bond motifs is 4. The lowest BCUT2D eigenvalue weighted by Gasteiger charge is -2.62. The van der Waals surface area contributed by atoms with Gasteiger partial charge in [0.25, 0.3) is 0 Å². The van der Waals surface area contributed by atoms with Crippen LogP contribution in [-0.2, 0) is 42.9 Å². The summed E-state index contributed by atoms with van der Waals surface area (Å²) in [6.45, 7) is 5.33. The second-order valence-electron chi connectivity index (χ2n) is 12.9. The van der Waals surface area contributed by atoms with Gasteiger partial charge >= 0.3 is 17.9 Å². The molecule has 11 atom stereocenters. The molecule has 6 heterocycles. The van der Waals surface area contributed by atoms with E-state index in [1.807, 2.05) is 13.8 Å². The summed E-state index contributed by atoms with van der Waals surface area (Å²) in [4.78, 5) is 54.2. The number of aliphatic hydroxyl groups is 1. The summed E-state index contributed by atoms with van der Waals surface area (Å²) in [5, 5.41) is 12.4. The molecule has 1 saturated carbocycles. The van der Waals surface area contributed by atoms with Crippen molar-refractivity contribution in [1.82, 2.24) is 0 Å². The number of allylic oxidation sites excluding steroid dienone is 2. The molecule has 0 radical (unpaired) electrons. The number of carbonyl (C=O) groups is 4. The first-order chi connectivity index (χ1) is 17.9. The average molecular weight is 527 g/mol. The second kappa shape index (κ2) is 6.59. The zero-order valence-corrected chi connectivity index (χ0v) is 21.5. The number of Topliss-reactive ketones (excluding diaryl/α,β-unsaturated/α-hetero) is 1. The third-order valence-electron chi connectivity index (χ3n) is 11.6. The number of ether oxygens (including phenoxy) is 5. The average Bonchev–Trinajstić information content (AvgIpc) is 3.05. The van der Waals surface area contributed by atoms with Gasteiger partial charge in [-0.3, -0.25) is 9.59 Å². The normalized spacial score (nSPS) is 55.7. The molecule has 0 aromatic heterocycles. The number of hydrogen-bond acceptors (Lipinski definition) is 10. The highest BCUT2D eigenvalue weighted by Crippen LogP contribution is 2.74. The number of esters is 3. The van der Waals surface area contributed by atoms with E-state index in [9.17, 15) is 24.3 Å². The van der Waals surface area contributed by atoms with Crippen molar-refractivity contribution >= 4 is 23.7 Å². The summed E-state index contributed by atoms with van der Waals surface area (Å²) in [5.74, 6) is -6.67. The van der Waals surface area contributed by atoms with E-state index in [0.29, 0.717) is 19.3 Å². The Kier molecular flexibility index (Phi) is 4.05. The Hall–Kier alpha value is -2.56. The van der Waals surface area contributed by atoms with E-state index in [-0.39, 0.29) is 31.1 Å². The highest BCUT2D eigenvalue weighted by Gasteiger charge is 2.93. The van der Waals surface area contributed by atoms with Crippen LogP contribution in [0.4, 0.5) is 0 Å². The van der Waals surface area contributed by atoms with Gasteiger partial charge in [0.05, 0.1) is 18.4 Å². The minimum Gasteiger partial charge on any atom is -0.458 e. The molecule has 2 spiro atoms. The molecule has 6 fully saturated rings. The summed E-state index contributed by atoms with van der Waals surface area (Å²) < 4.78 is 30.9. The Morgan fingerprint density at radius 1 is 1.11 bits per heavy atom. The first kappa shape index (κ1) is 23.3. The molecule has 5 bridgehead atoms. The van der Waals surface area contributed by atoms with Gasteiger partial charge in [-0.05, 0) is 62.9 Å². The second-order valence-corrected chi connectivity index (χ2v) is 12.9. The highest BCUT2D eigenvalue weighted by atomic mass is 16.8. The maximum atomic E-state index is 14.9. The summed E-state index contributed by atoms with van der Waals surface area (Å²) in [7, 11) is 0. The van der Waals surface area contributed by atoms with Crippen molar-refractivity contribution < 1.29 is 48.0 Å². The van der Waals surface area contributed by atoms with Crippen LogP contribution in [0.2, 0.25) is 0 Å². The van der Waals surface area contributed by atoms with Gasteiger partial charge in [-0.2, -0.15) is 0 Å². The molecule has 0 unspecified atom stereocenters. The summed E-state index contributed by atoms with van der Waals surface area (Å²) >= 11 is 0. The molecule has 8 aliphatic rings. The largest absolute Gasteiger partial charge is 0.458 e. The molecule has 6 aliphatic heterocycles. The Bertz CT molecular complexity index is 1320. The first-order valence-electron chi connectivity index (χ1n) is 13.5. The minimum absolute atomic E-state index is 0.00871. The molecule has 10 nitrogen and oxygen atoms in total. The minimum atomic E-state index is -2.14. The van der Waals surface area contributed by atoms with Crippen LogP contribution in [0.1, 0.15) is 52.9 Å². The fraction of sp³-hybridized carbons (Fsp3) is 0.714. The molecule has 5 saturated heterocycles. The predicted molar refractivity (Wildman–Crippen MR) is 124 cm³/mol. The van der Waals surface area contributed by atoms with Crippen LogP contribution in [0.25, 0.3) is 0 Å². The molecular weight excluding hydrogens is 496 g/mol. The van der Waals surface area contributed by atoms with E-state index >= 15 is 0 Å². The van der Waals surface area contributed by atoms with Crippen molar-refractivity contribution in [2.45, 2.75) is 87.7 Å². The van der Waals surface area contributed by atoms with Gasteiger partial charge in [-0.15, -0.1) is 0 Å². The Labute approximate surface area is 218 Å². The molecule has 0 aromatic rings. The van der Waals surface area contributed by atoms with Gasteiger partial charge in [-0.1, -0.05) is 18.6 Å². The fourth-order valence-corrected chi connectivity index (χ4v) is 9.76. The van der Waals surface area contributed by atoms with Crippen molar-refractivity contribution in [3.63, 3.8) is 0 Å². The lowest BCUT2D eigenvalue weighted by Crippen LogP contribution is -2.79. The summed E-state index contributed by atoms with van der Waals surface area (Å²) in [6.07, 6.45) is 3.24. The van der Waals surface area contributed by atoms with Crippen molar-refractivity contribution in [1.29, 1.82) is 0 Å². The third kappa shape index (κ3) is 2.17. The molecular formula is C28H30O10. The van der Waals surface area contributed by atoms with Crippen LogP contribution in [0.15, 0.2) is 23.3 Å². The van der Waals surface area contributed by atoms with Crippen molar-refractivity contribution in [3.05, 3.63) is 23.3 Å². The van der Waals surface area contributed by atoms with Crippen molar-refractivity contribution in [3.8, 4) is 0 Å². The van der Waals surface area contributed by atoms with E-state index in [2.05, 4.69) is 0 Å². The molecule has 10 heteroatoms. The van der Waals surface area contributed by atoms with Crippen LogP contribution in [0.3, 0.4) is 0 Å². The van der Waals surface area contributed by atoms with Gasteiger partial charge in [0.2, 0.25) is 5.79 Å². The zero-order chi connectivity index (χ0) is 26.6. The zero-order valence-electron chi connectivity index (χ0n) is 21.5. The number of carbonyl (C=O) groups excluding carboxylic acids is 4. The van der Waals surface area contributed by atoms with Crippen molar-refractivity contribution in [2.24, 2.45) is 29.1 Å². The van der Waals surface area contributed by atoms with Crippen LogP contribution in [-0.4, -0.2) is 70.2 Å². The smallest absolute Gasteiger partial charge is 0.342 e. The highest BCUT2D eigenvalue weighted by molar-refractivity contribution is 5.99. The first-order valence-corrected chi connectivity index (χ1v) is 13.5. The quantitative estimate of drug-likeness (QED) is 0.279. The molecule has 1 N–H and O–H groups in total. The summed E-state index contributed by atoms with van der Waals surface area (Å²) in [6, 6.07) is 0. The lowest BCUT2D eigenvalue weighted by atomic mass is 9.46. The number of hydrogen-bond donors (Lipinski definition) is 1. The molecule has 8 rings (SSSR count). The van der Waals surface area contributed by atoms with E-state index in [0.717, 1.165) is 11.1 Å². The molecule has 38 heavy (non-hydrogen) atoms. The topological polar surface area (TPSA) is 135 Å². The Morgan fingerprint density at radius 3 is 2.68 bits per heavy atom. The van der Waals surface area contributed by atoms with Gasteiger partial charge in [0.15, 0.2) is 22.6 Å². The maximum absolute atomic E-state index is 14.9. The van der Waals surface area contributed by atoms with Crippen LogP contribution in [0.5, 0.6) is 0 Å². The maximum Gasteiger partial charge on any atom is 0.342 e. The van der Waals surface area contributed by atoms with Gasteiger partial charge < -0.3 is 28.8 Å². The van der Waals surface area contributed by atoms with Gasteiger partial charge in [0.1, 0.15) is 12.2 Å². The Morgan fingerprint density at radius 2 is 1.89 bits per heavy atom. The molecule has 2 aliphatic carbocycles. The van der Waals surface area contributed by atoms with Crippen LogP contribution < -0.4 is 0 Å². The van der Waals surface area contributed by atoms with E-state index < -0.39 is 75.9 Å². The third-order valence-corrected chi connectivity index (χ3v) is 11.6. The number of ketones is 1. The SMILES string of the molecule is CC1=C2CC=CC(=O)O[C@@H]2C[C@@H]2[C@@H]1CC[C@@]1(O)C(=O)O[C@@]3(C)[C@H]4C[C@]5(C)[C@@H](CO[C@@]26O[C@]13[C@H]5C6=O)C(=O)O4. The molecule has 0 amide bonds. The summed E-state index contributed by atoms with van der Waals surface area (Å²) in [5.41, 5.74) is -4.60. The van der Waals surface area contributed by atoms with Crippen LogP contribution >= 0.6 is 0 Å². The monoisotopic (exact) mass is 526 g/mol. The van der Waals surface area contributed by atoms with Gasteiger partial charge in [0, 0.05) is 12.0 Å². The van der Waals surface area contributed by atoms with E-state index in [4.69, 9.17) is 23.7 Å². The van der Waals surface area contributed by atoms with E-state index in [1.54, 1.807) is 13.0 Å². The standard InChI is InChI=1S/C28H30O10/c1-12-13-7-8-26(33)23(32)37-25(3)18-10-24(2)16(22(31)36-18)11-34-27(21(30)20(24)28(25,26)38-27)15(13)9-17-14(12)5-4-6-19(29)35-17/h4,6,13,15-18,20,33H,5,7-11H2,1-3H3/t13-,15-,16+,17-,18-,20+,24-,25+,26-,27-,28+/m1/s1. The molecule has 0 aromatic carbocycles. The fourth-order valence-electron chi connectivity index (χ4n) is 9.76. The number of rotatable bonds is 0. The Balaban J connectivity index is 1.40. The van der Waals surface area contributed by atoms with Gasteiger partial charge in [-0.25, -0.2) is 9.59 Å². The van der Waals surface area contributed by atoms with E-state index in [1.165, 1.54) is 6.08 Å². The van der Waals surface area contributed by atoms with Crippen LogP contribution in [0, 0.1) is 29.1 Å². The molecule has 202 valence electrons. The predicted octanol–water partition coefficient (Wildman–Crippen LogP) is 1.28.